The van der Waals surface area contributed by atoms with Crippen LogP contribution in [0.1, 0.15) is 94.2 Å². The number of hydrogen-bond donors (Lipinski definition) is 0. The fourth-order valence-electron chi connectivity index (χ4n) is 3.34. The molecule has 0 fully saturated rings. The molecular weight excluding hydrogens is 400 g/mol. The summed E-state index contributed by atoms with van der Waals surface area (Å²) in [7, 11) is 0. The maximum Gasteiger partial charge on any atom is 0.303 e. The van der Waals surface area contributed by atoms with Crippen LogP contribution in [-0.2, 0) is 14.3 Å². The summed E-state index contributed by atoms with van der Waals surface area (Å²) in [6.45, 7) is 8.17. The summed E-state index contributed by atoms with van der Waals surface area (Å²) >= 11 is 1.29. The summed E-state index contributed by atoms with van der Waals surface area (Å²) in [5.41, 5.74) is 0.318. The summed E-state index contributed by atoms with van der Waals surface area (Å²) in [6.07, 6.45) is 10.6. The first-order chi connectivity index (χ1) is 14.3. The van der Waals surface area contributed by atoms with Crippen molar-refractivity contribution < 1.29 is 19.1 Å². The van der Waals surface area contributed by atoms with E-state index in [2.05, 4.69) is 31.7 Å². The number of thiazole rings is 1. The Kier molecular flexibility index (Phi) is 12.0. The molecule has 0 spiro atoms. The molecule has 7 heteroatoms. The molecule has 1 rings (SSSR count). The lowest BCUT2D eigenvalue weighted by Crippen LogP contribution is -2.45. The van der Waals surface area contributed by atoms with Gasteiger partial charge in [-0.3, -0.25) is 14.4 Å². The van der Waals surface area contributed by atoms with Crippen LogP contribution in [0.3, 0.4) is 0 Å². The van der Waals surface area contributed by atoms with Gasteiger partial charge in [-0.25, -0.2) is 4.98 Å². The summed E-state index contributed by atoms with van der Waals surface area (Å²) < 4.78 is 5.56. The number of hydrogen-bond acceptors (Lipinski definition) is 6. The van der Waals surface area contributed by atoms with Gasteiger partial charge >= 0.3 is 5.97 Å². The van der Waals surface area contributed by atoms with Gasteiger partial charge in [0.1, 0.15) is 10.7 Å². The van der Waals surface area contributed by atoms with Crippen molar-refractivity contribution in [1.82, 2.24) is 9.88 Å². The smallest absolute Gasteiger partial charge is 0.303 e. The number of nitrogens with zero attached hydrogens (tertiary/aromatic N) is 2. The molecule has 0 aromatic carbocycles. The summed E-state index contributed by atoms with van der Waals surface area (Å²) in [5, 5.41) is 2.22. The highest BCUT2D eigenvalue weighted by Crippen LogP contribution is 2.31. The van der Waals surface area contributed by atoms with Gasteiger partial charge in [-0.15, -0.1) is 23.7 Å². The van der Waals surface area contributed by atoms with Gasteiger partial charge in [0, 0.05) is 44.2 Å². The van der Waals surface area contributed by atoms with Crippen LogP contribution in [-0.4, -0.2) is 40.6 Å². The molecule has 1 amide bonds. The number of aldehydes is 1. The number of ether oxygens (including phenoxy) is 1. The van der Waals surface area contributed by atoms with E-state index in [9.17, 15) is 14.4 Å². The Hall–Kier alpha value is -2.20. The molecule has 2 atom stereocenters. The molecule has 1 heterocycles. The third-order valence-corrected chi connectivity index (χ3v) is 5.86. The Morgan fingerprint density at radius 2 is 2.07 bits per heavy atom. The first kappa shape index (κ1) is 25.8. The second-order valence-corrected chi connectivity index (χ2v) is 8.62. The highest BCUT2D eigenvalue weighted by molar-refractivity contribution is 7.09. The summed E-state index contributed by atoms with van der Waals surface area (Å²) in [4.78, 5) is 42.0. The molecule has 30 heavy (non-hydrogen) atoms. The van der Waals surface area contributed by atoms with Gasteiger partial charge in [0.15, 0.2) is 12.4 Å². The zero-order valence-electron chi connectivity index (χ0n) is 18.6. The summed E-state index contributed by atoms with van der Waals surface area (Å²) in [6, 6.07) is -0.117. The molecule has 1 aromatic rings. The number of aromatic nitrogens is 1. The molecule has 2 unspecified atom stereocenters. The maximum atomic E-state index is 13.0. The molecule has 0 aliphatic rings. The normalized spacial score (nSPS) is 12.8. The molecule has 0 saturated carbocycles. The van der Waals surface area contributed by atoms with Gasteiger partial charge in [0.2, 0.25) is 5.91 Å². The van der Waals surface area contributed by atoms with Crippen LogP contribution in [0.15, 0.2) is 5.38 Å². The largest absolute Gasteiger partial charge is 0.455 e. The van der Waals surface area contributed by atoms with E-state index in [0.717, 1.165) is 25.7 Å². The van der Waals surface area contributed by atoms with Crippen molar-refractivity contribution in [2.24, 2.45) is 5.92 Å². The molecule has 6 nitrogen and oxygen atoms in total. The van der Waals surface area contributed by atoms with E-state index in [-0.39, 0.29) is 17.9 Å². The number of esters is 1. The molecule has 0 aliphatic heterocycles. The van der Waals surface area contributed by atoms with E-state index in [1.54, 1.807) is 5.38 Å². The zero-order chi connectivity index (χ0) is 22.5. The van der Waals surface area contributed by atoms with Crippen LogP contribution < -0.4 is 0 Å². The fraction of sp³-hybridized carbons (Fsp3) is 0.652. The Labute approximate surface area is 184 Å². The predicted molar refractivity (Wildman–Crippen MR) is 119 cm³/mol. The minimum absolute atomic E-state index is 0.116. The zero-order valence-corrected chi connectivity index (χ0v) is 19.4. The van der Waals surface area contributed by atoms with Crippen molar-refractivity contribution in [3.63, 3.8) is 0 Å². The lowest BCUT2D eigenvalue weighted by molar-refractivity contribution is -0.148. The quantitative estimate of drug-likeness (QED) is 0.182. The van der Waals surface area contributed by atoms with Crippen LogP contribution in [0.4, 0.5) is 0 Å². The molecule has 0 bridgehead atoms. The SMILES string of the molecule is C#CCCCCN(C(=O)CCCC)C(CC(OC(C)=O)c1nc(C=O)cs1)C(C)C. The molecule has 166 valence electrons. The second-order valence-electron chi connectivity index (χ2n) is 7.73. The van der Waals surface area contributed by atoms with E-state index in [1.807, 2.05) is 4.90 Å². The number of carbonyl (C=O) groups is 3. The van der Waals surface area contributed by atoms with E-state index in [0.29, 0.717) is 42.8 Å². The third kappa shape index (κ3) is 8.66. The van der Waals surface area contributed by atoms with Gasteiger partial charge in [-0.05, 0) is 25.2 Å². The van der Waals surface area contributed by atoms with Crippen LogP contribution in [0.2, 0.25) is 0 Å². The Morgan fingerprint density at radius 3 is 2.60 bits per heavy atom. The number of terminal acetylenes is 1. The summed E-state index contributed by atoms with van der Waals surface area (Å²) in [5.74, 6) is 2.51. The van der Waals surface area contributed by atoms with Gasteiger partial charge in [0.25, 0.3) is 0 Å². The first-order valence-corrected chi connectivity index (χ1v) is 11.5. The molecule has 0 radical (unpaired) electrons. The maximum absolute atomic E-state index is 13.0. The predicted octanol–water partition coefficient (Wildman–Crippen LogP) is 4.80. The van der Waals surface area contributed by atoms with Crippen LogP contribution in [0, 0.1) is 18.3 Å². The van der Waals surface area contributed by atoms with Crippen molar-refractivity contribution in [2.75, 3.05) is 6.54 Å². The number of unbranched alkanes of at least 4 members (excludes halogenated alkanes) is 3. The van der Waals surface area contributed by atoms with Crippen molar-refractivity contribution >= 4 is 29.5 Å². The monoisotopic (exact) mass is 434 g/mol. The lowest BCUT2D eigenvalue weighted by atomic mass is 9.95. The van der Waals surface area contributed by atoms with Gasteiger partial charge < -0.3 is 9.64 Å². The van der Waals surface area contributed by atoms with E-state index >= 15 is 0 Å². The standard InChI is InChI=1S/C23H34N2O4S/c1-6-8-10-11-13-25(22(28)12-9-7-2)20(17(3)4)14-21(29-18(5)27)23-24-19(15-26)16-30-23/h1,15-17,20-21H,7-14H2,2-5H3. The molecule has 0 saturated heterocycles. The highest BCUT2D eigenvalue weighted by Gasteiger charge is 2.31. The fourth-order valence-corrected chi connectivity index (χ4v) is 4.14. The van der Waals surface area contributed by atoms with Gasteiger partial charge in [0.05, 0.1) is 0 Å². The van der Waals surface area contributed by atoms with Crippen molar-refractivity contribution in [2.45, 2.75) is 84.8 Å². The van der Waals surface area contributed by atoms with E-state index in [4.69, 9.17) is 11.2 Å². The average Bonchev–Trinajstić information content (AvgIpc) is 3.18. The molecule has 0 aliphatic carbocycles. The Bertz CT molecular complexity index is 723. The van der Waals surface area contributed by atoms with Crippen LogP contribution in [0.25, 0.3) is 0 Å². The topological polar surface area (TPSA) is 76.6 Å². The highest BCUT2D eigenvalue weighted by atomic mass is 32.1. The number of carbonyl (C=O) groups excluding carboxylic acids is 3. The molecule has 0 N–H and O–H groups in total. The minimum atomic E-state index is -0.596. The Morgan fingerprint density at radius 1 is 1.33 bits per heavy atom. The minimum Gasteiger partial charge on any atom is -0.455 e. The van der Waals surface area contributed by atoms with Crippen LogP contribution >= 0.6 is 11.3 Å². The van der Waals surface area contributed by atoms with Crippen molar-refractivity contribution in [3.8, 4) is 12.3 Å². The van der Waals surface area contributed by atoms with E-state index < -0.39 is 12.1 Å². The van der Waals surface area contributed by atoms with Crippen LogP contribution in [0.5, 0.6) is 0 Å². The average molecular weight is 435 g/mol. The van der Waals surface area contributed by atoms with Gasteiger partial charge in [-0.2, -0.15) is 0 Å². The van der Waals surface area contributed by atoms with Crippen molar-refractivity contribution in [1.29, 1.82) is 0 Å². The third-order valence-electron chi connectivity index (χ3n) is 4.90. The van der Waals surface area contributed by atoms with Gasteiger partial charge in [-0.1, -0.05) is 27.2 Å². The number of rotatable bonds is 14. The molecule has 1 aromatic heterocycles. The second kappa shape index (κ2) is 13.9. The number of amides is 1. The lowest BCUT2D eigenvalue weighted by Gasteiger charge is -2.36. The van der Waals surface area contributed by atoms with E-state index in [1.165, 1.54) is 18.3 Å². The molecular formula is C23H34N2O4S. The Balaban J connectivity index is 3.11. The first-order valence-electron chi connectivity index (χ1n) is 10.6. The van der Waals surface area contributed by atoms with Crippen molar-refractivity contribution in [3.05, 3.63) is 16.1 Å².